The molecule has 26 heavy (non-hydrogen) atoms. The molecule has 0 bridgehead atoms. The third-order valence-corrected chi connectivity index (χ3v) is 6.09. The Bertz CT molecular complexity index is 950. The molecule has 1 aliphatic rings. The molecule has 0 unspecified atom stereocenters. The van der Waals surface area contributed by atoms with Crippen LogP contribution in [0.1, 0.15) is 16.1 Å². The van der Waals surface area contributed by atoms with Gasteiger partial charge in [0.05, 0.1) is 11.2 Å². The van der Waals surface area contributed by atoms with E-state index in [4.69, 9.17) is 9.52 Å². The largest absolute Gasteiger partial charge is 0.475 e. The van der Waals surface area contributed by atoms with Gasteiger partial charge in [-0.3, -0.25) is 4.90 Å². The number of sulfone groups is 1. The number of rotatable bonds is 4. The standard InChI is InChI=1S/C16H16F3NO5S/c1-26(23,24)14-8-20(7-11(14)16(17,18)19)6-9-2-3-12-10(4-9)5-13(25-12)15(21)22/h2-5,11,14H,6-8H2,1H3,(H,21,22)/t11-,14-/m1/s1. The molecular weight excluding hydrogens is 375 g/mol. The fourth-order valence-corrected chi connectivity index (χ4v) is 4.60. The van der Waals surface area contributed by atoms with E-state index in [1.54, 1.807) is 18.2 Å². The van der Waals surface area contributed by atoms with Gasteiger partial charge in [-0.15, -0.1) is 0 Å². The van der Waals surface area contributed by atoms with E-state index in [0.29, 0.717) is 16.5 Å². The monoisotopic (exact) mass is 391 g/mol. The topological polar surface area (TPSA) is 87.8 Å². The molecule has 1 aromatic heterocycles. The van der Waals surface area contributed by atoms with Crippen molar-refractivity contribution >= 4 is 26.8 Å². The summed E-state index contributed by atoms with van der Waals surface area (Å²) < 4.78 is 68.2. The predicted octanol–water partition coefficient (Wildman–Crippen LogP) is 2.54. The first-order valence-corrected chi connectivity index (χ1v) is 9.64. The van der Waals surface area contributed by atoms with Crippen molar-refractivity contribution in [1.29, 1.82) is 0 Å². The number of alkyl halides is 3. The minimum Gasteiger partial charge on any atom is -0.475 e. The average molecular weight is 391 g/mol. The number of benzene rings is 1. The lowest BCUT2D eigenvalue weighted by molar-refractivity contribution is -0.169. The van der Waals surface area contributed by atoms with Gasteiger partial charge in [-0.05, 0) is 23.8 Å². The Kier molecular flexibility index (Phi) is 4.51. The van der Waals surface area contributed by atoms with Crippen LogP contribution in [0.3, 0.4) is 0 Å². The van der Waals surface area contributed by atoms with Gasteiger partial charge in [-0.1, -0.05) is 6.07 Å². The summed E-state index contributed by atoms with van der Waals surface area (Å²) >= 11 is 0. The predicted molar refractivity (Wildman–Crippen MR) is 86.6 cm³/mol. The first-order valence-electron chi connectivity index (χ1n) is 7.69. The molecule has 6 nitrogen and oxygen atoms in total. The third-order valence-electron chi connectivity index (χ3n) is 4.51. The fourth-order valence-electron chi connectivity index (χ4n) is 3.28. The smallest absolute Gasteiger partial charge is 0.394 e. The minimum atomic E-state index is -4.59. The van der Waals surface area contributed by atoms with E-state index in [-0.39, 0.29) is 18.8 Å². The van der Waals surface area contributed by atoms with E-state index in [1.807, 2.05) is 0 Å². The van der Waals surface area contributed by atoms with Gasteiger partial charge in [0.25, 0.3) is 0 Å². The molecule has 10 heteroatoms. The molecule has 0 amide bonds. The zero-order chi connectivity index (χ0) is 19.3. The highest BCUT2D eigenvalue weighted by Crippen LogP contribution is 2.37. The molecule has 0 aliphatic carbocycles. The highest BCUT2D eigenvalue weighted by atomic mass is 32.2. The number of hydrogen-bond acceptors (Lipinski definition) is 5. The fraction of sp³-hybridized carbons (Fsp3) is 0.438. The number of nitrogens with zero attached hydrogens (tertiary/aromatic N) is 1. The number of carbonyl (C=O) groups is 1. The lowest BCUT2D eigenvalue weighted by Crippen LogP contribution is -2.37. The molecule has 142 valence electrons. The van der Waals surface area contributed by atoms with Crippen LogP contribution < -0.4 is 0 Å². The number of hydrogen-bond donors (Lipinski definition) is 1. The van der Waals surface area contributed by atoms with E-state index >= 15 is 0 Å². The lowest BCUT2D eigenvalue weighted by Gasteiger charge is -2.19. The van der Waals surface area contributed by atoms with E-state index in [9.17, 15) is 26.4 Å². The molecule has 1 saturated heterocycles. The average Bonchev–Trinajstić information content (AvgIpc) is 3.09. The molecule has 3 rings (SSSR count). The van der Waals surface area contributed by atoms with Crippen molar-refractivity contribution in [2.45, 2.75) is 18.0 Å². The van der Waals surface area contributed by atoms with Crippen LogP contribution in [-0.2, 0) is 16.4 Å². The van der Waals surface area contributed by atoms with Crippen molar-refractivity contribution < 1.29 is 35.9 Å². The Morgan fingerprint density at radius 2 is 2.00 bits per heavy atom. The minimum absolute atomic E-state index is 0.127. The molecule has 2 atom stereocenters. The summed E-state index contributed by atoms with van der Waals surface area (Å²) in [4.78, 5) is 12.4. The van der Waals surface area contributed by atoms with Gasteiger partial charge >= 0.3 is 12.1 Å². The molecule has 0 saturated carbocycles. The second-order valence-corrected chi connectivity index (χ2v) is 8.76. The Morgan fingerprint density at radius 3 is 2.54 bits per heavy atom. The summed E-state index contributed by atoms with van der Waals surface area (Å²) in [6.45, 7) is -0.472. The normalized spacial score (nSPS) is 22.2. The van der Waals surface area contributed by atoms with Gasteiger partial charge in [0.1, 0.15) is 5.58 Å². The molecule has 1 N–H and O–H groups in total. The molecular formula is C16H16F3NO5S. The van der Waals surface area contributed by atoms with Gasteiger partial charge in [0, 0.05) is 31.3 Å². The Balaban J connectivity index is 1.82. The van der Waals surface area contributed by atoms with E-state index in [2.05, 4.69) is 0 Å². The third kappa shape index (κ3) is 3.70. The maximum Gasteiger partial charge on any atom is 0.394 e. The highest BCUT2D eigenvalue weighted by molar-refractivity contribution is 7.91. The highest BCUT2D eigenvalue weighted by Gasteiger charge is 2.53. The molecule has 1 aromatic carbocycles. The second-order valence-electron chi connectivity index (χ2n) is 6.50. The Morgan fingerprint density at radius 1 is 1.31 bits per heavy atom. The Labute approximate surface area is 147 Å². The molecule has 2 heterocycles. The van der Waals surface area contributed by atoms with Crippen molar-refractivity contribution in [3.8, 4) is 0 Å². The number of aromatic carboxylic acids is 1. The SMILES string of the molecule is CS(=O)(=O)[C@@H]1CN(Cc2ccc3oc(C(=O)O)cc3c2)C[C@H]1C(F)(F)F. The zero-order valence-electron chi connectivity index (χ0n) is 13.7. The quantitative estimate of drug-likeness (QED) is 0.862. The molecule has 2 aromatic rings. The number of carboxylic acids is 1. The maximum absolute atomic E-state index is 13.2. The first kappa shape index (κ1) is 18.7. The molecule has 0 spiro atoms. The van der Waals surface area contributed by atoms with Crippen LogP contribution in [0, 0.1) is 5.92 Å². The van der Waals surface area contributed by atoms with Crippen LogP contribution in [0.15, 0.2) is 28.7 Å². The van der Waals surface area contributed by atoms with E-state index in [0.717, 1.165) is 6.26 Å². The Hall–Kier alpha value is -2.07. The molecule has 1 fully saturated rings. The van der Waals surface area contributed by atoms with Crippen molar-refractivity contribution in [3.63, 3.8) is 0 Å². The van der Waals surface area contributed by atoms with Crippen LogP contribution >= 0.6 is 0 Å². The summed E-state index contributed by atoms with van der Waals surface area (Å²) in [5, 5.41) is 7.96. The number of furan rings is 1. The van der Waals surface area contributed by atoms with Gasteiger partial charge < -0.3 is 9.52 Å². The van der Waals surface area contributed by atoms with Gasteiger partial charge in [0.2, 0.25) is 5.76 Å². The van der Waals surface area contributed by atoms with Gasteiger partial charge in [0.15, 0.2) is 9.84 Å². The van der Waals surface area contributed by atoms with Crippen molar-refractivity contribution in [1.82, 2.24) is 4.90 Å². The van der Waals surface area contributed by atoms with Crippen LogP contribution in [0.25, 0.3) is 11.0 Å². The summed E-state index contributed by atoms with van der Waals surface area (Å²) in [6.07, 6.45) is -3.77. The van der Waals surface area contributed by atoms with E-state index < -0.39 is 39.7 Å². The van der Waals surface area contributed by atoms with Crippen LogP contribution in [0.4, 0.5) is 13.2 Å². The zero-order valence-corrected chi connectivity index (χ0v) is 14.5. The van der Waals surface area contributed by atoms with Gasteiger partial charge in [-0.2, -0.15) is 13.2 Å². The number of carboxylic acid groups (broad SMARTS) is 1. The number of fused-ring (bicyclic) bond motifs is 1. The van der Waals surface area contributed by atoms with Crippen molar-refractivity contribution in [2.24, 2.45) is 5.92 Å². The number of halogens is 3. The summed E-state index contributed by atoms with van der Waals surface area (Å²) in [6, 6.07) is 6.13. The van der Waals surface area contributed by atoms with Gasteiger partial charge in [-0.25, -0.2) is 13.2 Å². The van der Waals surface area contributed by atoms with E-state index in [1.165, 1.54) is 11.0 Å². The second kappa shape index (κ2) is 6.27. The van der Waals surface area contributed by atoms with Crippen molar-refractivity contribution in [2.75, 3.05) is 19.3 Å². The summed E-state index contributed by atoms with van der Waals surface area (Å²) in [7, 11) is -3.84. The summed E-state index contributed by atoms with van der Waals surface area (Å²) in [5.74, 6) is -3.37. The van der Waals surface area contributed by atoms with Crippen molar-refractivity contribution in [3.05, 3.63) is 35.6 Å². The van der Waals surface area contributed by atoms with Crippen LogP contribution in [-0.4, -0.2) is 55.2 Å². The molecule has 1 aliphatic heterocycles. The number of likely N-dealkylation sites (tertiary alicyclic amines) is 1. The summed E-state index contributed by atoms with van der Waals surface area (Å²) in [5.41, 5.74) is 1.00. The van der Waals surface area contributed by atoms with Crippen LogP contribution in [0.5, 0.6) is 0 Å². The molecule has 0 radical (unpaired) electrons. The first-order chi connectivity index (χ1) is 11.9. The lowest BCUT2D eigenvalue weighted by atomic mass is 10.1. The van der Waals surface area contributed by atoms with Crippen LogP contribution in [0.2, 0.25) is 0 Å². The maximum atomic E-state index is 13.2.